The molecule has 0 aromatic heterocycles. The molecule has 0 saturated carbocycles. The number of nitrogens with zero attached hydrogens (tertiary/aromatic N) is 2. The number of hydrogen-bond acceptors (Lipinski definition) is 3. The van der Waals surface area contributed by atoms with Crippen molar-refractivity contribution in [3.05, 3.63) is 95.4 Å². The van der Waals surface area contributed by atoms with Crippen LogP contribution in [0.1, 0.15) is 25.8 Å². The van der Waals surface area contributed by atoms with Crippen molar-refractivity contribution in [2.75, 3.05) is 0 Å². The maximum atomic E-state index is 6.07. The van der Waals surface area contributed by atoms with Crippen LogP contribution >= 0.6 is 0 Å². The van der Waals surface area contributed by atoms with E-state index in [4.69, 9.17) is 5.73 Å². The van der Waals surface area contributed by atoms with Gasteiger partial charge >= 0.3 is 0 Å². The fraction of sp³-hybridized carbons (Fsp3) is 0.208. The van der Waals surface area contributed by atoms with Gasteiger partial charge in [0.1, 0.15) is 0 Å². The van der Waals surface area contributed by atoms with Gasteiger partial charge in [-0.15, -0.1) is 0 Å². The maximum absolute atomic E-state index is 6.07. The van der Waals surface area contributed by atoms with Crippen molar-refractivity contribution < 1.29 is 0 Å². The Morgan fingerprint density at radius 2 is 1.82 bits per heavy atom. The smallest absolute Gasteiger partial charge is 0.200 e. The Balaban J connectivity index is 1.83. The van der Waals surface area contributed by atoms with Gasteiger partial charge in [-0.3, -0.25) is 0 Å². The molecule has 0 spiro atoms. The lowest BCUT2D eigenvalue weighted by Gasteiger charge is -2.18. The molecule has 4 heteroatoms. The summed E-state index contributed by atoms with van der Waals surface area (Å²) < 4.78 is 0. The van der Waals surface area contributed by atoms with Gasteiger partial charge in [0, 0.05) is 12.0 Å². The molecule has 0 saturated heterocycles. The number of aliphatic imine (C=N–C) groups is 2. The molecule has 0 radical (unpaired) electrons. The molecule has 1 heterocycles. The lowest BCUT2D eigenvalue weighted by Crippen LogP contribution is -2.33. The highest BCUT2D eigenvalue weighted by Crippen LogP contribution is 2.22. The predicted octanol–water partition coefficient (Wildman–Crippen LogP) is 4.89. The van der Waals surface area contributed by atoms with Gasteiger partial charge in [0.2, 0.25) is 0 Å². The molecule has 4 nitrogen and oxygen atoms in total. The van der Waals surface area contributed by atoms with Gasteiger partial charge in [-0.2, -0.15) is 4.99 Å². The van der Waals surface area contributed by atoms with Crippen molar-refractivity contribution >= 4 is 17.5 Å². The number of rotatable bonds is 6. The standard InChI is InChI=1S/C24H26N4/c1-3-20(15-14-19-10-6-4-7-11-19)18(2)22-16-17-23(28-24(25)27-22)26-21-12-8-5-9-13-21/h4-13,15,17-18H,3,14H2,1-2H3,(H3,25,26,27,28)/b20-15+. The molecule has 2 aromatic rings. The van der Waals surface area contributed by atoms with E-state index < -0.39 is 0 Å². The number of allylic oxidation sites excluding steroid dienone is 1. The van der Waals surface area contributed by atoms with E-state index >= 15 is 0 Å². The number of hydrogen-bond donors (Lipinski definition) is 2. The van der Waals surface area contributed by atoms with Crippen molar-refractivity contribution in [3.8, 4) is 0 Å². The topological polar surface area (TPSA) is 62.8 Å². The predicted molar refractivity (Wildman–Crippen MR) is 118 cm³/mol. The fourth-order valence-electron chi connectivity index (χ4n) is 3.10. The summed E-state index contributed by atoms with van der Waals surface area (Å²) in [5, 5.41) is 3.19. The van der Waals surface area contributed by atoms with Crippen LogP contribution in [0.15, 0.2) is 99.8 Å². The summed E-state index contributed by atoms with van der Waals surface area (Å²) >= 11 is 0. The van der Waals surface area contributed by atoms with E-state index in [9.17, 15) is 0 Å². The van der Waals surface area contributed by atoms with Crippen LogP contribution in [0.25, 0.3) is 0 Å². The minimum Gasteiger partial charge on any atom is -0.369 e. The average molecular weight is 371 g/mol. The van der Waals surface area contributed by atoms with Gasteiger partial charge in [0.25, 0.3) is 0 Å². The molecule has 3 rings (SSSR count). The number of nitrogens with one attached hydrogen (secondary N) is 1. The molecular weight excluding hydrogens is 344 g/mol. The molecule has 0 amide bonds. The second-order valence-corrected chi connectivity index (χ2v) is 6.67. The zero-order chi connectivity index (χ0) is 19.8. The van der Waals surface area contributed by atoms with E-state index in [0.29, 0.717) is 11.8 Å². The second kappa shape index (κ2) is 9.54. The number of para-hydroxylation sites is 1. The minimum absolute atomic E-state index is 0.162. The van der Waals surface area contributed by atoms with Crippen LogP contribution in [0.4, 0.5) is 5.69 Å². The molecule has 0 aliphatic carbocycles. The van der Waals surface area contributed by atoms with Crippen LogP contribution in [0.2, 0.25) is 0 Å². The summed E-state index contributed by atoms with van der Waals surface area (Å²) in [5.74, 6) is 1.02. The Bertz CT molecular complexity index is 947. The first-order chi connectivity index (χ1) is 13.7. The molecule has 1 aliphatic heterocycles. The number of amidine groups is 1. The summed E-state index contributed by atoms with van der Waals surface area (Å²) in [6.45, 7) is 4.34. The van der Waals surface area contributed by atoms with Gasteiger partial charge in [0.15, 0.2) is 11.8 Å². The highest BCUT2D eigenvalue weighted by Gasteiger charge is 2.15. The molecule has 0 fully saturated rings. The fourth-order valence-corrected chi connectivity index (χ4v) is 3.10. The summed E-state index contributed by atoms with van der Waals surface area (Å²) in [6.07, 6.45) is 5.96. The van der Waals surface area contributed by atoms with Crippen LogP contribution in [-0.4, -0.2) is 11.8 Å². The largest absolute Gasteiger partial charge is 0.369 e. The van der Waals surface area contributed by atoms with Gasteiger partial charge in [-0.1, -0.05) is 79.8 Å². The quantitative estimate of drug-likeness (QED) is 0.562. The molecule has 1 atom stereocenters. The van der Waals surface area contributed by atoms with Crippen LogP contribution in [0.3, 0.4) is 0 Å². The Kier molecular flexibility index (Phi) is 6.61. The molecule has 0 bridgehead atoms. The third kappa shape index (κ3) is 5.32. The Morgan fingerprint density at radius 1 is 1.14 bits per heavy atom. The number of guanidine groups is 1. The van der Waals surface area contributed by atoms with Gasteiger partial charge in [-0.25, -0.2) is 4.99 Å². The van der Waals surface area contributed by atoms with E-state index in [1.165, 1.54) is 11.1 Å². The van der Waals surface area contributed by atoms with E-state index in [1.807, 2.05) is 36.4 Å². The molecule has 142 valence electrons. The van der Waals surface area contributed by atoms with Crippen LogP contribution in [-0.2, 0) is 6.42 Å². The Hall–Kier alpha value is -3.36. The normalized spacial score (nSPS) is 16.8. The van der Waals surface area contributed by atoms with E-state index in [1.54, 1.807) is 6.08 Å². The van der Waals surface area contributed by atoms with Crippen molar-refractivity contribution in [2.24, 2.45) is 21.6 Å². The van der Waals surface area contributed by atoms with Gasteiger partial charge in [0.05, 0.1) is 11.4 Å². The molecule has 2 aromatic carbocycles. The Labute approximate surface area is 166 Å². The van der Waals surface area contributed by atoms with Gasteiger partial charge in [-0.05, 0) is 30.5 Å². The SMILES string of the molecule is CC/C(=C\Cc1ccccc1)C(C)C1=C=CC(=Nc2ccccc2)N=C(N)N1. The molecule has 3 N–H and O–H groups in total. The van der Waals surface area contributed by atoms with E-state index in [2.05, 4.69) is 65.2 Å². The molecule has 1 unspecified atom stereocenters. The summed E-state index contributed by atoms with van der Waals surface area (Å²) in [7, 11) is 0. The number of nitrogens with two attached hydrogens (primary N) is 1. The van der Waals surface area contributed by atoms with Crippen molar-refractivity contribution in [3.63, 3.8) is 0 Å². The summed E-state index contributed by atoms with van der Waals surface area (Å²) in [6, 6.07) is 20.2. The highest BCUT2D eigenvalue weighted by molar-refractivity contribution is 6.04. The summed E-state index contributed by atoms with van der Waals surface area (Å²) in [5.41, 5.74) is 13.8. The lowest BCUT2D eigenvalue weighted by molar-refractivity contribution is 0.720. The van der Waals surface area contributed by atoms with Crippen LogP contribution in [0, 0.1) is 5.92 Å². The van der Waals surface area contributed by atoms with Crippen molar-refractivity contribution in [2.45, 2.75) is 26.7 Å². The van der Waals surface area contributed by atoms with E-state index in [0.717, 1.165) is 24.2 Å². The molecular formula is C24H26N4. The monoisotopic (exact) mass is 370 g/mol. The van der Waals surface area contributed by atoms with Crippen molar-refractivity contribution in [1.82, 2.24) is 5.32 Å². The van der Waals surface area contributed by atoms with Gasteiger partial charge < -0.3 is 11.1 Å². The van der Waals surface area contributed by atoms with Crippen LogP contribution in [0.5, 0.6) is 0 Å². The summed E-state index contributed by atoms with van der Waals surface area (Å²) in [4.78, 5) is 8.88. The highest BCUT2D eigenvalue weighted by atomic mass is 15.1. The molecule has 1 aliphatic rings. The molecule has 28 heavy (non-hydrogen) atoms. The average Bonchev–Trinajstić information content (AvgIpc) is 2.91. The van der Waals surface area contributed by atoms with Crippen LogP contribution < -0.4 is 11.1 Å². The zero-order valence-corrected chi connectivity index (χ0v) is 16.4. The third-order valence-electron chi connectivity index (χ3n) is 4.69. The number of benzene rings is 2. The van der Waals surface area contributed by atoms with Crippen molar-refractivity contribution in [1.29, 1.82) is 0 Å². The first kappa shape index (κ1) is 19.4. The maximum Gasteiger partial charge on any atom is 0.200 e. The first-order valence-corrected chi connectivity index (χ1v) is 9.60. The zero-order valence-electron chi connectivity index (χ0n) is 16.4. The van der Waals surface area contributed by atoms with E-state index in [-0.39, 0.29) is 5.92 Å². The second-order valence-electron chi connectivity index (χ2n) is 6.67. The lowest BCUT2D eigenvalue weighted by atomic mass is 9.93. The third-order valence-corrected chi connectivity index (χ3v) is 4.69. The minimum atomic E-state index is 0.162. The Morgan fingerprint density at radius 3 is 2.50 bits per heavy atom. The first-order valence-electron chi connectivity index (χ1n) is 9.60.